The molecule has 3 heterocycles. The van der Waals surface area contributed by atoms with Gasteiger partial charge in [-0.05, 0) is 37.1 Å². The van der Waals surface area contributed by atoms with Crippen LogP contribution >= 0.6 is 15.9 Å². The van der Waals surface area contributed by atoms with Crippen molar-refractivity contribution in [3.05, 3.63) is 121 Å². The number of rotatable bonds is 6. The highest BCUT2D eigenvalue weighted by Gasteiger charge is 2.36. The van der Waals surface area contributed by atoms with Gasteiger partial charge in [0.2, 0.25) is 5.95 Å². The molecule has 3 N–H and O–H groups in total. The first-order valence-electron chi connectivity index (χ1n) is 13.7. The summed E-state index contributed by atoms with van der Waals surface area (Å²) in [6, 6.07) is 12.1. The number of amides is 2. The van der Waals surface area contributed by atoms with Crippen LogP contribution in [-0.2, 0) is 25.6 Å². The molecule has 0 aliphatic carbocycles. The maximum Gasteiger partial charge on any atom is 0.417 e. The topological polar surface area (TPSA) is 136 Å². The summed E-state index contributed by atoms with van der Waals surface area (Å²) < 4.78 is 41.8. The molecule has 2 aromatic heterocycles. The molecule has 0 saturated carbocycles. The fourth-order valence-corrected chi connectivity index (χ4v) is 5.57. The Hall–Kier alpha value is -4.85. The molecular formula is C31H27BrF3N7O3. The fourth-order valence-electron chi connectivity index (χ4n) is 5.10. The Labute approximate surface area is 264 Å². The van der Waals surface area contributed by atoms with E-state index in [-0.39, 0.29) is 52.5 Å². The van der Waals surface area contributed by atoms with Crippen molar-refractivity contribution in [2.24, 2.45) is 5.73 Å². The van der Waals surface area contributed by atoms with Crippen LogP contribution in [0.3, 0.4) is 0 Å². The van der Waals surface area contributed by atoms with Gasteiger partial charge in [0.25, 0.3) is 17.4 Å². The maximum atomic E-state index is 14.1. The quantitative estimate of drug-likeness (QED) is 0.310. The van der Waals surface area contributed by atoms with E-state index in [1.165, 1.54) is 47.2 Å². The Morgan fingerprint density at radius 2 is 1.80 bits per heavy atom. The van der Waals surface area contributed by atoms with Crippen LogP contribution in [0.5, 0.6) is 0 Å². The van der Waals surface area contributed by atoms with E-state index in [4.69, 9.17) is 10.7 Å². The lowest BCUT2D eigenvalue weighted by Gasteiger charge is -2.34. The highest BCUT2D eigenvalue weighted by Crippen LogP contribution is 2.36. The summed E-state index contributed by atoms with van der Waals surface area (Å²) in [7, 11) is 1.47. The molecule has 5 rings (SSSR count). The second-order valence-corrected chi connectivity index (χ2v) is 11.2. The number of nitrogens with two attached hydrogens (primary N) is 1. The second kappa shape index (κ2) is 12.6. The van der Waals surface area contributed by atoms with Crippen molar-refractivity contribution in [2.75, 3.05) is 7.05 Å². The SMILES string of the molecule is CNC(=O)c1cnc(-n2c(/C(=C\N)Cc3ccccc3)nc3c(c2=O)C[C@H](C)N(C(=O)c2ccc(Br)c(C(F)(F)F)c2)C3)nc1. The maximum absolute atomic E-state index is 14.1. The molecule has 0 unspecified atom stereocenters. The van der Waals surface area contributed by atoms with Gasteiger partial charge in [0.05, 0.1) is 23.4 Å². The first-order valence-corrected chi connectivity index (χ1v) is 14.5. The molecule has 1 aliphatic heterocycles. The van der Waals surface area contributed by atoms with E-state index in [0.29, 0.717) is 11.1 Å². The summed E-state index contributed by atoms with van der Waals surface area (Å²) in [4.78, 5) is 54.5. The average molecular weight is 683 g/mol. The number of nitrogens with zero attached hydrogens (tertiary/aromatic N) is 5. The standard InChI is InChI=1S/C31H27BrF3N7O3/c1-17-10-22-25(16-41(17)28(44)19-8-9-24(32)23(12-19)31(33,34)35)40-26(20(13-36)11-18-6-4-3-5-7-18)42(29(22)45)30-38-14-21(15-39-30)27(43)37-2/h3-9,12-15,17H,10-11,16,36H2,1-2H3,(H,37,43)/b20-13-/t17-/m0/s1. The van der Waals surface area contributed by atoms with Crippen LogP contribution in [-0.4, -0.2) is 49.3 Å². The van der Waals surface area contributed by atoms with Gasteiger partial charge in [-0.2, -0.15) is 13.2 Å². The molecule has 2 amide bonds. The highest BCUT2D eigenvalue weighted by atomic mass is 79.9. The van der Waals surface area contributed by atoms with Gasteiger partial charge in [0.15, 0.2) is 0 Å². The molecule has 232 valence electrons. The minimum absolute atomic E-state index is 0.0360. The van der Waals surface area contributed by atoms with Crippen molar-refractivity contribution in [2.45, 2.75) is 38.5 Å². The molecule has 0 radical (unpaired) electrons. The number of nitrogens with one attached hydrogen (secondary N) is 1. The van der Waals surface area contributed by atoms with Crippen LogP contribution in [0.2, 0.25) is 0 Å². The van der Waals surface area contributed by atoms with Crippen molar-refractivity contribution >= 4 is 33.3 Å². The molecule has 45 heavy (non-hydrogen) atoms. The zero-order valence-corrected chi connectivity index (χ0v) is 25.7. The Kier molecular flexibility index (Phi) is 8.87. The van der Waals surface area contributed by atoms with Crippen molar-refractivity contribution in [3.8, 4) is 5.95 Å². The van der Waals surface area contributed by atoms with E-state index in [2.05, 4.69) is 31.2 Å². The van der Waals surface area contributed by atoms with Gasteiger partial charge < -0.3 is 16.0 Å². The van der Waals surface area contributed by atoms with Crippen LogP contribution in [0.25, 0.3) is 11.5 Å². The first-order chi connectivity index (χ1) is 21.4. The highest BCUT2D eigenvalue weighted by molar-refractivity contribution is 9.10. The Bertz CT molecular complexity index is 1860. The van der Waals surface area contributed by atoms with E-state index < -0.39 is 35.2 Å². The molecule has 0 saturated heterocycles. The third kappa shape index (κ3) is 6.36. The number of alkyl halides is 3. The van der Waals surface area contributed by atoms with Gasteiger partial charge in [-0.25, -0.2) is 19.5 Å². The molecule has 4 aromatic rings. The Balaban J connectivity index is 1.61. The van der Waals surface area contributed by atoms with Gasteiger partial charge in [-0.3, -0.25) is 14.4 Å². The third-order valence-corrected chi connectivity index (χ3v) is 8.14. The molecule has 14 heteroatoms. The largest absolute Gasteiger partial charge is 0.417 e. The number of aromatic nitrogens is 4. The minimum Gasteiger partial charge on any atom is -0.404 e. The number of hydrogen-bond donors (Lipinski definition) is 2. The lowest BCUT2D eigenvalue weighted by Crippen LogP contribution is -2.46. The summed E-state index contributed by atoms with van der Waals surface area (Å²) >= 11 is 2.91. The van der Waals surface area contributed by atoms with Crippen molar-refractivity contribution in [1.29, 1.82) is 0 Å². The van der Waals surface area contributed by atoms with Gasteiger partial charge in [0, 0.05) is 59.3 Å². The molecule has 0 bridgehead atoms. The predicted octanol–water partition coefficient (Wildman–Crippen LogP) is 4.29. The zero-order valence-electron chi connectivity index (χ0n) is 24.1. The minimum atomic E-state index is -4.67. The Morgan fingerprint density at radius 3 is 2.42 bits per heavy atom. The van der Waals surface area contributed by atoms with Crippen molar-refractivity contribution < 1.29 is 22.8 Å². The van der Waals surface area contributed by atoms with Gasteiger partial charge >= 0.3 is 6.18 Å². The second-order valence-electron chi connectivity index (χ2n) is 10.4. The van der Waals surface area contributed by atoms with Crippen LogP contribution in [0, 0.1) is 0 Å². The first kappa shape index (κ1) is 31.6. The molecule has 2 aromatic carbocycles. The number of allylic oxidation sites excluding steroid dienone is 1. The Morgan fingerprint density at radius 1 is 1.11 bits per heavy atom. The summed E-state index contributed by atoms with van der Waals surface area (Å²) in [5.41, 5.74) is 6.57. The van der Waals surface area contributed by atoms with Crippen molar-refractivity contribution in [3.63, 3.8) is 0 Å². The van der Waals surface area contributed by atoms with E-state index in [0.717, 1.165) is 11.6 Å². The summed E-state index contributed by atoms with van der Waals surface area (Å²) in [5.74, 6) is -0.949. The lowest BCUT2D eigenvalue weighted by molar-refractivity contribution is -0.138. The fraction of sp³-hybridized carbons (Fsp3) is 0.226. The average Bonchev–Trinajstić information content (AvgIpc) is 3.03. The van der Waals surface area contributed by atoms with Crippen LogP contribution in [0.4, 0.5) is 13.2 Å². The lowest BCUT2D eigenvalue weighted by atomic mass is 9.97. The normalized spacial score (nSPS) is 15.0. The molecule has 1 aliphatic rings. The van der Waals surface area contributed by atoms with Gasteiger partial charge in [-0.15, -0.1) is 0 Å². The van der Waals surface area contributed by atoms with E-state index in [1.54, 1.807) is 6.92 Å². The summed E-state index contributed by atoms with van der Waals surface area (Å²) in [6.07, 6.45) is -0.400. The van der Waals surface area contributed by atoms with E-state index in [9.17, 15) is 27.6 Å². The van der Waals surface area contributed by atoms with Crippen molar-refractivity contribution in [1.82, 2.24) is 29.7 Å². The number of benzene rings is 2. The summed E-state index contributed by atoms with van der Waals surface area (Å²) in [6.45, 7) is 1.58. The third-order valence-electron chi connectivity index (χ3n) is 7.45. The molecular weight excluding hydrogens is 655 g/mol. The molecule has 1 atom stereocenters. The van der Waals surface area contributed by atoms with Crippen LogP contribution in [0.15, 0.2) is 76.4 Å². The van der Waals surface area contributed by atoms with Crippen LogP contribution < -0.4 is 16.6 Å². The van der Waals surface area contributed by atoms with Gasteiger partial charge in [-0.1, -0.05) is 46.3 Å². The van der Waals surface area contributed by atoms with E-state index >= 15 is 0 Å². The van der Waals surface area contributed by atoms with E-state index in [1.807, 2.05) is 30.3 Å². The molecule has 10 nitrogen and oxygen atoms in total. The number of halogens is 4. The van der Waals surface area contributed by atoms with Crippen LogP contribution in [0.1, 0.15) is 55.8 Å². The summed E-state index contributed by atoms with van der Waals surface area (Å²) in [5, 5.41) is 2.49. The smallest absolute Gasteiger partial charge is 0.404 e. The number of hydrogen-bond acceptors (Lipinski definition) is 7. The van der Waals surface area contributed by atoms with Gasteiger partial charge in [0.1, 0.15) is 5.82 Å². The zero-order chi connectivity index (χ0) is 32.5. The predicted molar refractivity (Wildman–Crippen MR) is 163 cm³/mol. The number of carbonyl (C=O) groups excluding carboxylic acids is 2. The monoisotopic (exact) mass is 681 g/mol. The number of carbonyl (C=O) groups is 2. The molecule has 0 fully saturated rings. The number of fused-ring (bicyclic) bond motifs is 1. The molecule has 0 spiro atoms.